The zero-order valence-electron chi connectivity index (χ0n) is 13.9. The van der Waals surface area contributed by atoms with E-state index in [-0.39, 0.29) is 0 Å². The Kier molecular flexibility index (Phi) is 4.07. The minimum absolute atomic E-state index is 0.748. The summed E-state index contributed by atoms with van der Waals surface area (Å²) in [5.74, 6) is 1.72. The van der Waals surface area contributed by atoms with Crippen LogP contribution in [0.4, 0.5) is 5.82 Å². The summed E-state index contributed by atoms with van der Waals surface area (Å²) in [4.78, 5) is 17.4. The molecule has 3 heterocycles. The molecule has 0 atom stereocenters. The molecule has 4 rings (SSSR count). The Labute approximate surface area is 144 Å². The lowest BCUT2D eigenvalue weighted by molar-refractivity contribution is 0.679. The summed E-state index contributed by atoms with van der Waals surface area (Å²) < 4.78 is 3.76. The highest BCUT2D eigenvalue weighted by molar-refractivity contribution is 5.83. The number of hydrogen-bond donors (Lipinski definition) is 1. The molecule has 0 saturated heterocycles. The SMILES string of the molecule is Cn1ncnc1CCCNc1ncnc2c1ncn2-c1ccccc1. The van der Waals surface area contributed by atoms with E-state index >= 15 is 0 Å². The van der Waals surface area contributed by atoms with Gasteiger partial charge in [-0.1, -0.05) is 18.2 Å². The molecule has 0 aliphatic rings. The second-order valence-corrected chi connectivity index (χ2v) is 5.67. The minimum Gasteiger partial charge on any atom is -0.368 e. The van der Waals surface area contributed by atoms with Crippen LogP contribution in [0.1, 0.15) is 12.2 Å². The van der Waals surface area contributed by atoms with E-state index in [0.717, 1.165) is 47.9 Å². The van der Waals surface area contributed by atoms with Gasteiger partial charge in [-0.3, -0.25) is 9.25 Å². The molecule has 0 bridgehead atoms. The Balaban J connectivity index is 1.49. The molecule has 0 unspecified atom stereocenters. The second-order valence-electron chi connectivity index (χ2n) is 5.67. The van der Waals surface area contributed by atoms with Crippen molar-refractivity contribution in [2.24, 2.45) is 7.05 Å². The van der Waals surface area contributed by atoms with Gasteiger partial charge in [-0.25, -0.2) is 19.9 Å². The van der Waals surface area contributed by atoms with Crippen LogP contribution in [0.2, 0.25) is 0 Å². The third-order valence-corrected chi connectivity index (χ3v) is 4.04. The first-order valence-electron chi connectivity index (χ1n) is 8.13. The molecule has 0 saturated carbocycles. The average molecular weight is 334 g/mol. The van der Waals surface area contributed by atoms with Crippen molar-refractivity contribution in [1.29, 1.82) is 0 Å². The third kappa shape index (κ3) is 3.06. The van der Waals surface area contributed by atoms with Gasteiger partial charge < -0.3 is 5.32 Å². The summed E-state index contributed by atoms with van der Waals surface area (Å²) in [7, 11) is 1.90. The minimum atomic E-state index is 0.748. The standard InChI is InChI=1S/C17H18N8/c1-24-14(19-11-23-24)8-5-9-18-16-15-17(21-10-20-16)25(12-22-15)13-6-3-2-4-7-13/h2-4,6-7,10-12H,5,8-9H2,1H3,(H,18,20,21). The predicted octanol–water partition coefficient (Wildman–Crippen LogP) is 1.99. The molecule has 0 spiro atoms. The van der Waals surface area contributed by atoms with Crippen molar-refractivity contribution >= 4 is 17.0 Å². The van der Waals surface area contributed by atoms with Gasteiger partial charge in [-0.15, -0.1) is 0 Å². The zero-order valence-corrected chi connectivity index (χ0v) is 13.9. The highest BCUT2D eigenvalue weighted by Crippen LogP contribution is 2.20. The van der Waals surface area contributed by atoms with Gasteiger partial charge >= 0.3 is 0 Å². The molecule has 3 aromatic heterocycles. The van der Waals surface area contributed by atoms with Crippen LogP contribution < -0.4 is 5.32 Å². The van der Waals surface area contributed by atoms with Gasteiger partial charge in [0.05, 0.1) is 0 Å². The zero-order chi connectivity index (χ0) is 17.1. The number of nitrogens with zero attached hydrogens (tertiary/aromatic N) is 7. The molecular weight excluding hydrogens is 316 g/mol. The van der Waals surface area contributed by atoms with Crippen molar-refractivity contribution in [3.8, 4) is 5.69 Å². The number of aromatic nitrogens is 7. The molecule has 0 amide bonds. The maximum Gasteiger partial charge on any atom is 0.170 e. The van der Waals surface area contributed by atoms with Crippen molar-refractivity contribution in [3.63, 3.8) is 0 Å². The average Bonchev–Trinajstić information content (AvgIpc) is 3.26. The summed E-state index contributed by atoms with van der Waals surface area (Å²) >= 11 is 0. The summed E-state index contributed by atoms with van der Waals surface area (Å²) in [6, 6.07) is 10.0. The third-order valence-electron chi connectivity index (χ3n) is 4.04. The van der Waals surface area contributed by atoms with Crippen LogP contribution in [-0.2, 0) is 13.5 Å². The molecule has 1 aromatic carbocycles. The van der Waals surface area contributed by atoms with E-state index in [1.165, 1.54) is 0 Å². The van der Waals surface area contributed by atoms with E-state index in [0.29, 0.717) is 0 Å². The summed E-state index contributed by atoms with van der Waals surface area (Å²) in [6.07, 6.45) is 6.70. The molecule has 1 N–H and O–H groups in total. The number of aryl methyl sites for hydroxylation is 2. The molecule has 0 radical (unpaired) electrons. The number of fused-ring (bicyclic) bond motifs is 1. The maximum absolute atomic E-state index is 4.49. The van der Waals surface area contributed by atoms with E-state index < -0.39 is 0 Å². The number of imidazole rings is 1. The van der Waals surface area contributed by atoms with Gasteiger partial charge in [0.25, 0.3) is 0 Å². The Morgan fingerprint density at radius 2 is 1.88 bits per heavy atom. The van der Waals surface area contributed by atoms with Crippen LogP contribution >= 0.6 is 0 Å². The molecule has 25 heavy (non-hydrogen) atoms. The molecule has 0 aliphatic carbocycles. The first kappa shape index (κ1) is 15.3. The van der Waals surface area contributed by atoms with Crippen molar-refractivity contribution in [2.45, 2.75) is 12.8 Å². The lowest BCUT2D eigenvalue weighted by Gasteiger charge is -2.06. The van der Waals surface area contributed by atoms with E-state index in [4.69, 9.17) is 0 Å². The Bertz CT molecular complexity index is 973. The fourth-order valence-electron chi connectivity index (χ4n) is 2.74. The number of anilines is 1. The van der Waals surface area contributed by atoms with Crippen LogP contribution in [-0.4, -0.2) is 40.8 Å². The number of para-hydroxylation sites is 1. The second kappa shape index (κ2) is 6.68. The van der Waals surface area contributed by atoms with Gasteiger partial charge in [0.2, 0.25) is 0 Å². The molecule has 8 heteroatoms. The van der Waals surface area contributed by atoms with E-state index in [1.54, 1.807) is 23.7 Å². The molecule has 0 fully saturated rings. The van der Waals surface area contributed by atoms with Gasteiger partial charge in [-0.05, 0) is 18.6 Å². The quantitative estimate of drug-likeness (QED) is 0.543. The summed E-state index contributed by atoms with van der Waals surface area (Å²) in [5.41, 5.74) is 2.58. The molecule has 0 aliphatic heterocycles. The van der Waals surface area contributed by atoms with Crippen LogP contribution in [0, 0.1) is 0 Å². The normalized spacial score (nSPS) is 11.1. The fourth-order valence-corrected chi connectivity index (χ4v) is 2.74. The first-order valence-corrected chi connectivity index (χ1v) is 8.13. The largest absolute Gasteiger partial charge is 0.368 e. The maximum atomic E-state index is 4.49. The van der Waals surface area contributed by atoms with E-state index in [9.17, 15) is 0 Å². The van der Waals surface area contributed by atoms with E-state index in [2.05, 4.69) is 30.4 Å². The summed E-state index contributed by atoms with van der Waals surface area (Å²) in [5, 5.41) is 7.43. The van der Waals surface area contributed by atoms with Crippen molar-refractivity contribution in [3.05, 3.63) is 55.1 Å². The topological polar surface area (TPSA) is 86.3 Å². The summed E-state index contributed by atoms with van der Waals surface area (Å²) in [6.45, 7) is 0.775. The van der Waals surface area contributed by atoms with Crippen LogP contribution in [0.25, 0.3) is 16.9 Å². The Morgan fingerprint density at radius 1 is 1.00 bits per heavy atom. The molecular formula is C17H18N8. The molecule has 4 aromatic rings. The lowest BCUT2D eigenvalue weighted by Crippen LogP contribution is -2.08. The monoisotopic (exact) mass is 334 g/mol. The Hall–Kier alpha value is -3.29. The number of nitrogens with one attached hydrogen (secondary N) is 1. The highest BCUT2D eigenvalue weighted by Gasteiger charge is 2.11. The molecule has 126 valence electrons. The smallest absolute Gasteiger partial charge is 0.170 e. The highest BCUT2D eigenvalue weighted by atomic mass is 15.3. The number of rotatable bonds is 6. The van der Waals surface area contributed by atoms with Gasteiger partial charge in [0.15, 0.2) is 17.0 Å². The molecule has 8 nitrogen and oxygen atoms in total. The number of hydrogen-bond acceptors (Lipinski definition) is 6. The van der Waals surface area contributed by atoms with Crippen molar-refractivity contribution in [2.75, 3.05) is 11.9 Å². The fraction of sp³-hybridized carbons (Fsp3) is 0.235. The predicted molar refractivity (Wildman–Crippen MR) is 94.5 cm³/mol. The van der Waals surface area contributed by atoms with Crippen molar-refractivity contribution < 1.29 is 0 Å². The van der Waals surface area contributed by atoms with Crippen LogP contribution in [0.5, 0.6) is 0 Å². The van der Waals surface area contributed by atoms with Crippen LogP contribution in [0.3, 0.4) is 0 Å². The lowest BCUT2D eigenvalue weighted by atomic mass is 10.3. The van der Waals surface area contributed by atoms with Gasteiger partial charge in [-0.2, -0.15) is 5.10 Å². The van der Waals surface area contributed by atoms with Gasteiger partial charge in [0.1, 0.15) is 24.8 Å². The van der Waals surface area contributed by atoms with Gasteiger partial charge in [0, 0.05) is 25.7 Å². The van der Waals surface area contributed by atoms with Crippen molar-refractivity contribution in [1.82, 2.24) is 34.3 Å². The van der Waals surface area contributed by atoms with E-state index in [1.807, 2.05) is 41.9 Å². The Morgan fingerprint density at radius 3 is 2.68 bits per heavy atom. The van der Waals surface area contributed by atoms with Crippen LogP contribution in [0.15, 0.2) is 49.3 Å². The number of benzene rings is 1. The first-order chi connectivity index (χ1) is 12.3.